The van der Waals surface area contributed by atoms with Gasteiger partial charge in [-0.15, -0.1) is 0 Å². The van der Waals surface area contributed by atoms with Crippen LogP contribution in [0.2, 0.25) is 0 Å². The van der Waals surface area contributed by atoms with Gasteiger partial charge in [-0.2, -0.15) is 0 Å². The summed E-state index contributed by atoms with van der Waals surface area (Å²) in [4.78, 5) is 2.72. The molecule has 17 heavy (non-hydrogen) atoms. The van der Waals surface area contributed by atoms with E-state index in [1.807, 2.05) is 0 Å². The Hall–Kier alpha value is -0.0800. The van der Waals surface area contributed by atoms with E-state index in [2.05, 4.69) is 24.1 Å². The molecular formula is C15H30N2. The Morgan fingerprint density at radius 2 is 2.06 bits per heavy atom. The molecule has 0 aromatic heterocycles. The van der Waals surface area contributed by atoms with Gasteiger partial charge in [-0.05, 0) is 82.6 Å². The fraction of sp³-hybridized carbons (Fsp3) is 1.00. The standard InChI is InChI=1S/C15H30N2/c1-13(2)15-4-3-9-17(11-7-15)10-6-14-5-8-16-12-14/h13-16H,3-12H2,1-2H3. The fourth-order valence-electron chi connectivity index (χ4n) is 3.40. The molecule has 0 radical (unpaired) electrons. The summed E-state index contributed by atoms with van der Waals surface area (Å²) in [6.45, 7) is 11.3. The largest absolute Gasteiger partial charge is 0.316 e. The number of hydrogen-bond acceptors (Lipinski definition) is 2. The first-order chi connectivity index (χ1) is 8.25. The zero-order valence-corrected chi connectivity index (χ0v) is 11.8. The topological polar surface area (TPSA) is 15.3 Å². The number of hydrogen-bond donors (Lipinski definition) is 1. The molecular weight excluding hydrogens is 208 g/mol. The van der Waals surface area contributed by atoms with Crippen molar-refractivity contribution >= 4 is 0 Å². The van der Waals surface area contributed by atoms with Crippen LogP contribution in [-0.4, -0.2) is 37.6 Å². The summed E-state index contributed by atoms with van der Waals surface area (Å²) in [5.41, 5.74) is 0. The first-order valence-electron chi connectivity index (χ1n) is 7.69. The number of nitrogens with one attached hydrogen (secondary N) is 1. The highest BCUT2D eigenvalue weighted by atomic mass is 15.1. The number of likely N-dealkylation sites (tertiary alicyclic amines) is 1. The van der Waals surface area contributed by atoms with Crippen molar-refractivity contribution in [1.82, 2.24) is 10.2 Å². The third-order valence-electron chi connectivity index (χ3n) is 4.82. The molecule has 0 aliphatic carbocycles. The Labute approximate surface area is 107 Å². The van der Waals surface area contributed by atoms with Crippen LogP contribution in [-0.2, 0) is 0 Å². The molecule has 1 N–H and O–H groups in total. The normalized spacial score (nSPS) is 31.9. The third kappa shape index (κ3) is 4.26. The highest BCUT2D eigenvalue weighted by Crippen LogP contribution is 2.25. The van der Waals surface area contributed by atoms with Gasteiger partial charge in [0.05, 0.1) is 0 Å². The van der Waals surface area contributed by atoms with Crippen molar-refractivity contribution < 1.29 is 0 Å². The van der Waals surface area contributed by atoms with Crippen molar-refractivity contribution in [3.05, 3.63) is 0 Å². The van der Waals surface area contributed by atoms with E-state index in [9.17, 15) is 0 Å². The van der Waals surface area contributed by atoms with Gasteiger partial charge in [0.25, 0.3) is 0 Å². The van der Waals surface area contributed by atoms with Gasteiger partial charge in [-0.25, -0.2) is 0 Å². The molecule has 2 fully saturated rings. The number of rotatable bonds is 4. The maximum absolute atomic E-state index is 3.48. The van der Waals surface area contributed by atoms with E-state index in [1.54, 1.807) is 0 Å². The van der Waals surface area contributed by atoms with E-state index < -0.39 is 0 Å². The molecule has 0 aromatic rings. The van der Waals surface area contributed by atoms with E-state index in [1.165, 1.54) is 64.8 Å². The molecule has 2 aliphatic heterocycles. The Morgan fingerprint density at radius 1 is 1.18 bits per heavy atom. The van der Waals surface area contributed by atoms with Crippen molar-refractivity contribution in [2.24, 2.45) is 17.8 Å². The Morgan fingerprint density at radius 3 is 2.76 bits per heavy atom. The van der Waals surface area contributed by atoms with Crippen LogP contribution < -0.4 is 5.32 Å². The maximum Gasteiger partial charge on any atom is -0.00156 e. The van der Waals surface area contributed by atoms with Gasteiger partial charge in [-0.1, -0.05) is 13.8 Å². The third-order valence-corrected chi connectivity index (χ3v) is 4.82. The molecule has 2 heterocycles. The summed E-state index contributed by atoms with van der Waals surface area (Å²) in [6.07, 6.45) is 7.13. The minimum Gasteiger partial charge on any atom is -0.316 e. The second-order valence-corrected chi connectivity index (χ2v) is 6.42. The smallest absolute Gasteiger partial charge is 0.00156 e. The highest BCUT2D eigenvalue weighted by molar-refractivity contribution is 4.75. The van der Waals surface area contributed by atoms with Crippen molar-refractivity contribution in [1.29, 1.82) is 0 Å². The predicted octanol–water partition coefficient (Wildman–Crippen LogP) is 2.74. The second kappa shape index (κ2) is 6.75. The van der Waals surface area contributed by atoms with Crippen LogP contribution in [0.4, 0.5) is 0 Å². The molecule has 100 valence electrons. The molecule has 0 bridgehead atoms. The Bertz CT molecular complexity index is 209. The second-order valence-electron chi connectivity index (χ2n) is 6.42. The first kappa shape index (κ1) is 13.4. The summed E-state index contributed by atoms with van der Waals surface area (Å²) in [5.74, 6) is 2.82. The quantitative estimate of drug-likeness (QED) is 0.810. The summed E-state index contributed by atoms with van der Waals surface area (Å²) in [5, 5.41) is 3.48. The van der Waals surface area contributed by atoms with Gasteiger partial charge in [0.15, 0.2) is 0 Å². The molecule has 2 atom stereocenters. The Balaban J connectivity index is 1.67. The van der Waals surface area contributed by atoms with E-state index in [0.717, 1.165) is 17.8 Å². The highest BCUT2D eigenvalue weighted by Gasteiger charge is 2.20. The van der Waals surface area contributed by atoms with Crippen LogP contribution in [0.15, 0.2) is 0 Å². The van der Waals surface area contributed by atoms with Crippen molar-refractivity contribution in [3.8, 4) is 0 Å². The van der Waals surface area contributed by atoms with E-state index >= 15 is 0 Å². The molecule has 0 amide bonds. The van der Waals surface area contributed by atoms with E-state index in [0.29, 0.717) is 0 Å². The molecule has 2 nitrogen and oxygen atoms in total. The molecule has 2 rings (SSSR count). The average Bonchev–Trinajstić information content (AvgIpc) is 2.70. The minimum absolute atomic E-state index is 0.883. The molecule has 2 saturated heterocycles. The van der Waals surface area contributed by atoms with Crippen molar-refractivity contribution in [2.45, 2.75) is 46.0 Å². The van der Waals surface area contributed by atoms with Crippen LogP contribution in [0.5, 0.6) is 0 Å². The van der Waals surface area contributed by atoms with Crippen LogP contribution in [0, 0.1) is 17.8 Å². The lowest BCUT2D eigenvalue weighted by atomic mass is 9.89. The van der Waals surface area contributed by atoms with Crippen LogP contribution in [0.3, 0.4) is 0 Å². The summed E-state index contributed by atoms with van der Waals surface area (Å²) in [7, 11) is 0. The summed E-state index contributed by atoms with van der Waals surface area (Å²) < 4.78 is 0. The SMILES string of the molecule is CC(C)C1CCCN(CCC2CCNC2)CC1. The molecule has 2 unspecified atom stereocenters. The Kier molecular flexibility index (Phi) is 5.30. The molecule has 2 heteroatoms. The van der Waals surface area contributed by atoms with Crippen LogP contribution in [0.1, 0.15) is 46.0 Å². The monoisotopic (exact) mass is 238 g/mol. The zero-order valence-electron chi connectivity index (χ0n) is 11.8. The van der Waals surface area contributed by atoms with Crippen LogP contribution >= 0.6 is 0 Å². The first-order valence-corrected chi connectivity index (χ1v) is 7.69. The van der Waals surface area contributed by atoms with Gasteiger partial charge in [-0.3, -0.25) is 0 Å². The molecule has 2 aliphatic rings. The van der Waals surface area contributed by atoms with Crippen molar-refractivity contribution in [3.63, 3.8) is 0 Å². The minimum atomic E-state index is 0.883. The lowest BCUT2D eigenvalue weighted by molar-refractivity contribution is 0.254. The summed E-state index contributed by atoms with van der Waals surface area (Å²) in [6, 6.07) is 0. The zero-order chi connectivity index (χ0) is 12.1. The van der Waals surface area contributed by atoms with Gasteiger partial charge >= 0.3 is 0 Å². The maximum atomic E-state index is 3.48. The lowest BCUT2D eigenvalue weighted by Crippen LogP contribution is -2.28. The molecule has 0 saturated carbocycles. The fourth-order valence-corrected chi connectivity index (χ4v) is 3.40. The molecule has 0 spiro atoms. The lowest BCUT2D eigenvalue weighted by Gasteiger charge is -2.22. The van der Waals surface area contributed by atoms with Gasteiger partial charge in [0, 0.05) is 0 Å². The number of nitrogens with zero attached hydrogens (tertiary/aromatic N) is 1. The van der Waals surface area contributed by atoms with E-state index in [-0.39, 0.29) is 0 Å². The summed E-state index contributed by atoms with van der Waals surface area (Å²) >= 11 is 0. The average molecular weight is 238 g/mol. The van der Waals surface area contributed by atoms with Gasteiger partial charge < -0.3 is 10.2 Å². The van der Waals surface area contributed by atoms with Crippen LogP contribution in [0.25, 0.3) is 0 Å². The molecule has 0 aromatic carbocycles. The van der Waals surface area contributed by atoms with Gasteiger partial charge in [0.2, 0.25) is 0 Å². The van der Waals surface area contributed by atoms with Gasteiger partial charge in [0.1, 0.15) is 0 Å². The van der Waals surface area contributed by atoms with E-state index in [4.69, 9.17) is 0 Å². The van der Waals surface area contributed by atoms with Crippen molar-refractivity contribution in [2.75, 3.05) is 32.7 Å². The predicted molar refractivity (Wildman–Crippen MR) is 74.2 cm³/mol.